The van der Waals surface area contributed by atoms with Crippen molar-refractivity contribution in [3.8, 4) is 11.5 Å². The summed E-state index contributed by atoms with van der Waals surface area (Å²) in [6, 6.07) is 17.2. The highest BCUT2D eigenvalue weighted by atomic mass is 35.5. The molecule has 12 heteroatoms. The molecule has 0 saturated carbocycles. The first-order valence-electron chi connectivity index (χ1n) is 16.4. The minimum Gasteiger partial charge on any atom is -0.493 e. The van der Waals surface area contributed by atoms with Gasteiger partial charge in [-0.15, -0.1) is 0 Å². The Morgan fingerprint density at radius 1 is 0.940 bits per heavy atom. The topological polar surface area (TPSA) is 99.2 Å². The van der Waals surface area contributed by atoms with E-state index in [1.54, 1.807) is 54.6 Å². The van der Waals surface area contributed by atoms with Gasteiger partial charge in [-0.3, -0.25) is 15.2 Å². The number of nitrogens with zero attached hydrogens (tertiary/aromatic N) is 2. The Morgan fingerprint density at radius 2 is 1.66 bits per heavy atom. The smallest absolute Gasteiger partial charge is 0.338 e. The molecule has 7 rings (SSSR count). The molecule has 2 unspecified atom stereocenters. The van der Waals surface area contributed by atoms with Crippen LogP contribution in [-0.2, 0) is 27.2 Å². The molecule has 262 valence electrons. The maximum Gasteiger partial charge on any atom is 0.338 e. The van der Waals surface area contributed by atoms with Crippen molar-refractivity contribution in [3.63, 3.8) is 0 Å². The summed E-state index contributed by atoms with van der Waals surface area (Å²) in [4.78, 5) is 33.4. The van der Waals surface area contributed by atoms with Gasteiger partial charge >= 0.3 is 11.9 Å². The predicted molar refractivity (Wildman–Crippen MR) is 187 cm³/mol. The van der Waals surface area contributed by atoms with Gasteiger partial charge in [0.15, 0.2) is 11.5 Å². The maximum atomic E-state index is 14.2. The van der Waals surface area contributed by atoms with Crippen molar-refractivity contribution >= 4 is 35.1 Å². The zero-order chi connectivity index (χ0) is 35.2. The predicted octanol–water partition coefficient (Wildman–Crippen LogP) is 7.15. The van der Waals surface area contributed by atoms with Crippen molar-refractivity contribution in [2.24, 2.45) is 5.92 Å². The highest BCUT2D eigenvalue weighted by molar-refractivity contribution is 6.35. The Balaban J connectivity index is 1.16. The minimum atomic E-state index is -0.875. The monoisotopic (exact) mass is 721 g/mol. The molecule has 3 saturated heterocycles. The van der Waals surface area contributed by atoms with Crippen molar-refractivity contribution in [2.45, 2.75) is 44.1 Å². The second-order valence-electron chi connectivity index (χ2n) is 12.5. The average molecular weight is 723 g/mol. The molecule has 0 amide bonds. The van der Waals surface area contributed by atoms with E-state index in [1.165, 1.54) is 38.7 Å². The summed E-state index contributed by atoms with van der Waals surface area (Å²) in [5, 5.41) is 3.94. The molecular formula is C38H38Cl2FN3O6. The van der Waals surface area contributed by atoms with E-state index in [-0.39, 0.29) is 19.1 Å². The zero-order valence-corrected chi connectivity index (χ0v) is 29.3. The summed E-state index contributed by atoms with van der Waals surface area (Å²) in [5.41, 5.74) is 2.82. The number of hydrogen-bond donors (Lipinski definition) is 1. The van der Waals surface area contributed by atoms with Gasteiger partial charge in [-0.2, -0.15) is 0 Å². The number of hydrogen-bond acceptors (Lipinski definition) is 9. The molecule has 0 aliphatic carbocycles. The lowest BCUT2D eigenvalue weighted by molar-refractivity contribution is -0.161. The van der Waals surface area contributed by atoms with Gasteiger partial charge in [-0.05, 0) is 90.5 Å². The first-order chi connectivity index (χ1) is 24.2. The Labute approximate surface area is 300 Å². The average Bonchev–Trinajstić information content (AvgIpc) is 3.13. The highest BCUT2D eigenvalue weighted by Crippen LogP contribution is 2.36. The van der Waals surface area contributed by atoms with Gasteiger partial charge < -0.3 is 18.9 Å². The lowest BCUT2D eigenvalue weighted by Crippen LogP contribution is -2.52. The molecule has 3 aliphatic heterocycles. The van der Waals surface area contributed by atoms with Crippen LogP contribution < -0.4 is 14.8 Å². The van der Waals surface area contributed by atoms with Crippen LogP contribution in [-0.4, -0.2) is 61.8 Å². The number of benzene rings is 3. The second kappa shape index (κ2) is 16.2. The molecule has 0 radical (unpaired) electrons. The summed E-state index contributed by atoms with van der Waals surface area (Å²) in [6.45, 7) is 3.04. The molecule has 1 aromatic heterocycles. The third-order valence-electron chi connectivity index (χ3n) is 9.35. The molecule has 2 bridgehead atoms. The van der Waals surface area contributed by atoms with E-state index in [9.17, 15) is 14.0 Å². The van der Waals surface area contributed by atoms with E-state index >= 15 is 0 Å². The van der Waals surface area contributed by atoms with Crippen LogP contribution in [0.25, 0.3) is 0 Å². The molecule has 1 N–H and O–H groups in total. The van der Waals surface area contributed by atoms with Gasteiger partial charge in [0.05, 0.1) is 29.8 Å². The second-order valence-corrected chi connectivity index (χ2v) is 13.3. The van der Waals surface area contributed by atoms with E-state index in [1.807, 2.05) is 0 Å². The summed E-state index contributed by atoms with van der Waals surface area (Å²) >= 11 is 12.9. The van der Waals surface area contributed by atoms with Crippen LogP contribution in [0.1, 0.15) is 57.6 Å². The normalized spacial score (nSPS) is 19.3. The molecule has 3 atom stereocenters. The number of rotatable bonds is 13. The van der Waals surface area contributed by atoms with Crippen LogP contribution >= 0.6 is 23.2 Å². The molecule has 50 heavy (non-hydrogen) atoms. The number of pyridine rings is 1. The minimum absolute atomic E-state index is 0.179. The van der Waals surface area contributed by atoms with Crippen LogP contribution in [0.5, 0.6) is 11.5 Å². The molecule has 9 nitrogen and oxygen atoms in total. The van der Waals surface area contributed by atoms with E-state index in [0.29, 0.717) is 49.7 Å². The van der Waals surface area contributed by atoms with E-state index in [2.05, 4.69) is 15.2 Å². The molecule has 3 aromatic carbocycles. The van der Waals surface area contributed by atoms with Gasteiger partial charge in [-0.1, -0.05) is 53.5 Å². The highest BCUT2D eigenvalue weighted by Gasteiger charge is 2.38. The largest absolute Gasteiger partial charge is 0.493 e. The fraction of sp³-hybridized carbons (Fsp3) is 0.342. The summed E-state index contributed by atoms with van der Waals surface area (Å²) in [7, 11) is 3.06. The molecule has 3 fully saturated rings. The molecular weight excluding hydrogens is 684 g/mol. The zero-order valence-electron chi connectivity index (χ0n) is 27.7. The lowest BCUT2D eigenvalue weighted by Gasteiger charge is -2.44. The Hall–Kier alpha value is -4.22. The number of aromatic nitrogens is 1. The number of halogens is 3. The Bertz CT molecular complexity index is 1800. The van der Waals surface area contributed by atoms with E-state index < -0.39 is 29.9 Å². The molecule has 0 spiro atoms. The van der Waals surface area contributed by atoms with Gasteiger partial charge in [0, 0.05) is 31.9 Å². The SMILES string of the molecule is COc1ccc(C(Cc2c(Cl)cncc2Cl)OC(=O)c2ccc(CNC(C(=O)O[C@H]3CN4CCC3CC4)c3cccc(F)c3)cc2)cc1OC. The number of esters is 2. The van der Waals surface area contributed by atoms with Crippen molar-refractivity contribution in [3.05, 3.63) is 123 Å². The molecule has 4 aromatic rings. The molecule has 3 aliphatic rings. The molecule has 4 heterocycles. The summed E-state index contributed by atoms with van der Waals surface area (Å²) in [5.74, 6) is -0.104. The Kier molecular flexibility index (Phi) is 11.5. The van der Waals surface area contributed by atoms with Gasteiger partial charge in [0.25, 0.3) is 0 Å². The maximum absolute atomic E-state index is 14.2. The van der Waals surface area contributed by atoms with Gasteiger partial charge in [-0.25, -0.2) is 14.0 Å². The number of carbonyl (C=O) groups is 2. The third-order valence-corrected chi connectivity index (χ3v) is 10.0. The van der Waals surface area contributed by atoms with Crippen molar-refractivity contribution in [2.75, 3.05) is 33.9 Å². The number of carbonyl (C=O) groups excluding carboxylic acids is 2. The third kappa shape index (κ3) is 8.38. The first kappa shape index (κ1) is 35.6. The number of methoxy groups -OCH3 is 2. The number of nitrogens with one attached hydrogen (secondary N) is 1. The van der Waals surface area contributed by atoms with Crippen molar-refractivity contribution in [1.29, 1.82) is 0 Å². The fourth-order valence-corrected chi connectivity index (χ4v) is 7.08. The van der Waals surface area contributed by atoms with Crippen LogP contribution in [0.15, 0.2) is 79.1 Å². The van der Waals surface area contributed by atoms with Gasteiger partial charge in [0.2, 0.25) is 0 Å². The summed E-state index contributed by atoms with van der Waals surface area (Å²) < 4.78 is 37.2. The summed E-state index contributed by atoms with van der Waals surface area (Å²) in [6.07, 6.45) is 4.20. The number of fused-ring (bicyclic) bond motifs is 3. The van der Waals surface area contributed by atoms with Crippen LogP contribution in [0.2, 0.25) is 10.0 Å². The standard InChI is InChI=1S/C38H38Cl2FN3O6/c1-47-32-11-10-26(17-34(32)48-2)33(18-29-30(39)20-42-21-31(29)40)49-37(45)25-8-6-23(7-9-25)19-43-36(27-4-3-5-28(41)16-27)38(46)50-35-22-44-14-12-24(35)13-15-44/h3-11,16-17,20-21,24,33,35-36,43H,12-15,18-19,22H2,1-2H3/t33?,35-,36?/m0/s1. The van der Waals surface area contributed by atoms with Crippen molar-refractivity contribution < 1.29 is 32.9 Å². The lowest BCUT2D eigenvalue weighted by atomic mass is 9.86. The van der Waals surface area contributed by atoms with Crippen LogP contribution in [0.3, 0.4) is 0 Å². The van der Waals surface area contributed by atoms with E-state index in [4.69, 9.17) is 42.1 Å². The van der Waals surface area contributed by atoms with Crippen LogP contribution in [0, 0.1) is 11.7 Å². The number of ether oxygens (including phenoxy) is 4. The quantitative estimate of drug-likeness (QED) is 0.144. The van der Waals surface area contributed by atoms with E-state index in [0.717, 1.165) is 38.0 Å². The Morgan fingerprint density at radius 3 is 2.30 bits per heavy atom. The number of piperidine rings is 3. The fourth-order valence-electron chi connectivity index (χ4n) is 6.56. The first-order valence-corrected chi connectivity index (χ1v) is 17.2. The van der Waals surface area contributed by atoms with Gasteiger partial charge in [0.1, 0.15) is 24.1 Å². The van der Waals surface area contributed by atoms with Crippen LogP contribution in [0.4, 0.5) is 4.39 Å². The van der Waals surface area contributed by atoms with Crippen molar-refractivity contribution in [1.82, 2.24) is 15.2 Å².